The number of nitrogens with one attached hydrogen (secondary N) is 1. The van der Waals surface area contributed by atoms with Crippen molar-refractivity contribution in [2.45, 2.75) is 23.1 Å². The molecule has 3 aromatic rings. The van der Waals surface area contributed by atoms with Gasteiger partial charge in [0.25, 0.3) is 5.91 Å². The van der Waals surface area contributed by atoms with Crippen LogP contribution in [0.25, 0.3) is 0 Å². The van der Waals surface area contributed by atoms with Crippen molar-refractivity contribution in [3.8, 4) is 0 Å². The van der Waals surface area contributed by atoms with Gasteiger partial charge < -0.3 is 14.8 Å². The SMILES string of the molecule is COC(=O)C(Cc1ccccc1)NC(=O)COC(=O)c1ccccc1SCc1cscn1. The fraction of sp³-hybridized carbons (Fsp3) is 0.217. The molecule has 1 N–H and O–H groups in total. The van der Waals surface area contributed by atoms with Gasteiger partial charge in [0, 0.05) is 22.4 Å². The Hall–Kier alpha value is -3.17. The molecule has 1 amide bonds. The third-order valence-electron chi connectivity index (χ3n) is 4.40. The zero-order valence-corrected chi connectivity index (χ0v) is 19.0. The first-order valence-electron chi connectivity index (χ1n) is 9.74. The number of thioether (sulfide) groups is 1. The molecule has 0 radical (unpaired) electrons. The molecule has 1 atom stereocenters. The van der Waals surface area contributed by atoms with E-state index in [1.165, 1.54) is 30.2 Å². The molecule has 3 rings (SSSR count). The number of esters is 2. The number of hydrogen-bond donors (Lipinski definition) is 1. The summed E-state index contributed by atoms with van der Waals surface area (Å²) >= 11 is 2.98. The molecule has 7 nitrogen and oxygen atoms in total. The van der Waals surface area contributed by atoms with E-state index in [1.807, 2.05) is 47.8 Å². The summed E-state index contributed by atoms with van der Waals surface area (Å²) in [7, 11) is 1.26. The molecule has 1 heterocycles. The van der Waals surface area contributed by atoms with E-state index >= 15 is 0 Å². The summed E-state index contributed by atoms with van der Waals surface area (Å²) in [5, 5.41) is 4.53. The third-order valence-corrected chi connectivity index (χ3v) is 6.15. The van der Waals surface area contributed by atoms with E-state index in [-0.39, 0.29) is 6.42 Å². The van der Waals surface area contributed by atoms with E-state index in [0.717, 1.165) is 16.2 Å². The zero-order valence-electron chi connectivity index (χ0n) is 17.4. The second kappa shape index (κ2) is 12.0. The van der Waals surface area contributed by atoms with Crippen molar-refractivity contribution >= 4 is 40.9 Å². The molecule has 0 saturated heterocycles. The van der Waals surface area contributed by atoms with Crippen LogP contribution in [0.4, 0.5) is 0 Å². The Morgan fingerprint density at radius 2 is 1.84 bits per heavy atom. The minimum atomic E-state index is -0.880. The van der Waals surface area contributed by atoms with Gasteiger partial charge in [0.1, 0.15) is 6.04 Å². The van der Waals surface area contributed by atoms with Crippen LogP contribution in [0.3, 0.4) is 0 Å². The van der Waals surface area contributed by atoms with Crippen LogP contribution in [-0.4, -0.2) is 42.6 Å². The van der Waals surface area contributed by atoms with Gasteiger partial charge in [0.2, 0.25) is 0 Å². The largest absolute Gasteiger partial charge is 0.467 e. The molecule has 0 aliphatic carbocycles. The standard InChI is InChI=1S/C23H22N2O5S2/c1-29-23(28)19(11-16-7-3-2-4-8-16)25-21(26)12-30-22(27)18-9-5-6-10-20(18)32-14-17-13-31-15-24-17/h2-10,13,15,19H,11-12,14H2,1H3,(H,25,26). The average molecular weight is 471 g/mol. The average Bonchev–Trinajstić information content (AvgIpc) is 3.35. The number of amides is 1. The van der Waals surface area contributed by atoms with Crippen LogP contribution in [0.15, 0.2) is 70.4 Å². The van der Waals surface area contributed by atoms with Crippen LogP contribution in [0.5, 0.6) is 0 Å². The number of aromatic nitrogens is 1. The summed E-state index contributed by atoms with van der Waals surface area (Å²) in [5.41, 5.74) is 3.92. The molecule has 2 aromatic carbocycles. The van der Waals surface area contributed by atoms with Crippen molar-refractivity contribution in [2.75, 3.05) is 13.7 Å². The third kappa shape index (κ3) is 6.93. The summed E-state index contributed by atoms with van der Waals surface area (Å²) in [6.45, 7) is -0.508. The molecule has 0 aliphatic heterocycles. The van der Waals surface area contributed by atoms with Crippen molar-refractivity contribution in [1.82, 2.24) is 10.3 Å². The number of methoxy groups -OCH3 is 1. The number of carbonyl (C=O) groups is 3. The summed E-state index contributed by atoms with van der Waals surface area (Å²) in [6, 6.07) is 15.4. The smallest absolute Gasteiger partial charge is 0.339 e. The predicted octanol–water partition coefficient (Wildman–Crippen LogP) is 3.49. The summed E-state index contributed by atoms with van der Waals surface area (Å²) in [4.78, 5) is 42.0. The number of ether oxygens (including phenoxy) is 2. The zero-order chi connectivity index (χ0) is 22.8. The van der Waals surface area contributed by atoms with E-state index < -0.39 is 30.5 Å². The number of nitrogens with zero attached hydrogens (tertiary/aromatic N) is 1. The Kier molecular flexibility index (Phi) is 8.82. The number of benzene rings is 2. The van der Waals surface area contributed by atoms with Gasteiger partial charge in [0.05, 0.1) is 23.9 Å². The van der Waals surface area contributed by atoms with Gasteiger partial charge in [-0.05, 0) is 17.7 Å². The number of carbonyl (C=O) groups excluding carboxylic acids is 3. The highest BCUT2D eigenvalue weighted by Crippen LogP contribution is 2.26. The molecular weight excluding hydrogens is 448 g/mol. The Balaban J connectivity index is 1.56. The van der Waals surface area contributed by atoms with Gasteiger partial charge in [-0.1, -0.05) is 42.5 Å². The molecule has 0 fully saturated rings. The topological polar surface area (TPSA) is 94.6 Å². The minimum absolute atomic E-state index is 0.267. The normalized spacial score (nSPS) is 11.4. The van der Waals surface area contributed by atoms with Crippen molar-refractivity contribution in [2.24, 2.45) is 0 Å². The van der Waals surface area contributed by atoms with E-state index in [0.29, 0.717) is 11.3 Å². The van der Waals surface area contributed by atoms with Crippen LogP contribution in [0.2, 0.25) is 0 Å². The molecule has 32 heavy (non-hydrogen) atoms. The molecule has 1 unspecified atom stereocenters. The number of rotatable bonds is 10. The quantitative estimate of drug-likeness (QED) is 0.358. The summed E-state index contributed by atoms with van der Waals surface area (Å²) in [6.07, 6.45) is 0.267. The lowest BCUT2D eigenvalue weighted by molar-refractivity contribution is -0.145. The molecule has 0 saturated carbocycles. The molecular formula is C23H22N2O5S2. The van der Waals surface area contributed by atoms with Gasteiger partial charge in [-0.25, -0.2) is 14.6 Å². The van der Waals surface area contributed by atoms with Crippen LogP contribution in [-0.2, 0) is 31.2 Å². The van der Waals surface area contributed by atoms with Gasteiger partial charge in [-0.2, -0.15) is 0 Å². The Labute approximate surface area is 194 Å². The molecule has 0 aliphatic rings. The predicted molar refractivity (Wildman–Crippen MR) is 122 cm³/mol. The molecule has 1 aromatic heterocycles. The molecule has 0 spiro atoms. The van der Waals surface area contributed by atoms with Crippen LogP contribution < -0.4 is 5.32 Å². The van der Waals surface area contributed by atoms with Crippen molar-refractivity contribution in [3.63, 3.8) is 0 Å². The fourth-order valence-corrected chi connectivity index (χ4v) is 4.46. The highest BCUT2D eigenvalue weighted by molar-refractivity contribution is 7.98. The number of thiazole rings is 1. The lowest BCUT2D eigenvalue weighted by Crippen LogP contribution is -2.44. The van der Waals surface area contributed by atoms with Crippen molar-refractivity contribution < 1.29 is 23.9 Å². The van der Waals surface area contributed by atoms with Gasteiger partial charge in [-0.15, -0.1) is 23.1 Å². The summed E-state index contributed by atoms with van der Waals surface area (Å²) < 4.78 is 9.99. The molecule has 9 heteroatoms. The maximum absolute atomic E-state index is 12.6. The lowest BCUT2D eigenvalue weighted by atomic mass is 10.1. The van der Waals surface area contributed by atoms with E-state index in [1.54, 1.807) is 17.6 Å². The fourth-order valence-electron chi connectivity index (χ4n) is 2.85. The maximum Gasteiger partial charge on any atom is 0.339 e. The Morgan fingerprint density at radius 1 is 1.09 bits per heavy atom. The maximum atomic E-state index is 12.6. The van der Waals surface area contributed by atoms with Crippen molar-refractivity contribution in [1.29, 1.82) is 0 Å². The monoisotopic (exact) mass is 470 g/mol. The van der Waals surface area contributed by atoms with Crippen LogP contribution in [0.1, 0.15) is 21.6 Å². The van der Waals surface area contributed by atoms with E-state index in [4.69, 9.17) is 9.47 Å². The van der Waals surface area contributed by atoms with Gasteiger partial charge >= 0.3 is 11.9 Å². The Morgan fingerprint density at radius 3 is 2.56 bits per heavy atom. The van der Waals surface area contributed by atoms with Crippen LogP contribution >= 0.6 is 23.1 Å². The second-order valence-electron chi connectivity index (χ2n) is 6.67. The van der Waals surface area contributed by atoms with Gasteiger partial charge in [0.15, 0.2) is 6.61 Å². The highest BCUT2D eigenvalue weighted by atomic mass is 32.2. The first-order chi connectivity index (χ1) is 15.6. The van der Waals surface area contributed by atoms with E-state index in [9.17, 15) is 14.4 Å². The first-order valence-corrected chi connectivity index (χ1v) is 11.7. The van der Waals surface area contributed by atoms with Gasteiger partial charge in [-0.3, -0.25) is 4.79 Å². The van der Waals surface area contributed by atoms with Crippen LogP contribution in [0, 0.1) is 0 Å². The highest BCUT2D eigenvalue weighted by Gasteiger charge is 2.23. The van der Waals surface area contributed by atoms with E-state index in [2.05, 4.69) is 10.3 Å². The molecule has 0 bridgehead atoms. The second-order valence-corrected chi connectivity index (χ2v) is 8.41. The summed E-state index contributed by atoms with van der Waals surface area (Å²) in [5.74, 6) is -1.15. The number of hydrogen-bond acceptors (Lipinski definition) is 8. The lowest BCUT2D eigenvalue weighted by Gasteiger charge is -2.17. The van der Waals surface area contributed by atoms with Crippen molar-refractivity contribution in [3.05, 3.63) is 82.3 Å². The first kappa shape index (κ1) is 23.5. The molecule has 166 valence electrons. The Bertz CT molecular complexity index is 1040. The minimum Gasteiger partial charge on any atom is -0.467 e.